The lowest BCUT2D eigenvalue weighted by Crippen LogP contribution is -2.05. The summed E-state index contributed by atoms with van der Waals surface area (Å²) in [6, 6.07) is 3.27. The Morgan fingerprint density at radius 1 is 1.04 bits per heavy atom. The van der Waals surface area contributed by atoms with Gasteiger partial charge < -0.3 is 13.8 Å². The molecule has 1 aromatic carbocycles. The maximum Gasteiger partial charge on any atom is 0.471 e. The Morgan fingerprint density at radius 3 is 2.30 bits per heavy atom. The van der Waals surface area contributed by atoms with Gasteiger partial charge in [0.1, 0.15) is 5.76 Å². The highest BCUT2D eigenvalue weighted by Gasteiger charge is 2.38. The molecule has 2 heterocycles. The van der Waals surface area contributed by atoms with Gasteiger partial charge in [-0.15, -0.1) is 0 Å². The van der Waals surface area contributed by atoms with Crippen molar-refractivity contribution in [1.29, 1.82) is 0 Å². The maximum atomic E-state index is 14.1. The zero-order valence-electron chi connectivity index (χ0n) is 13.8. The van der Waals surface area contributed by atoms with Crippen molar-refractivity contribution in [2.45, 2.75) is 25.9 Å². The first-order valence-corrected chi connectivity index (χ1v) is 7.69. The number of rotatable bonds is 6. The van der Waals surface area contributed by atoms with Crippen LogP contribution in [0.15, 0.2) is 27.2 Å². The third-order valence-electron chi connectivity index (χ3n) is 3.42. The minimum Gasteiger partial charge on any atom is -0.488 e. The molecule has 3 rings (SSSR count). The summed E-state index contributed by atoms with van der Waals surface area (Å²) in [6.07, 6.45) is -3.98. The van der Waals surface area contributed by atoms with E-state index in [1.54, 1.807) is 13.0 Å². The van der Waals surface area contributed by atoms with E-state index in [1.165, 1.54) is 0 Å². The molecule has 27 heavy (non-hydrogen) atoms. The van der Waals surface area contributed by atoms with Gasteiger partial charge >= 0.3 is 12.1 Å². The highest BCUT2D eigenvalue weighted by atomic mass is 19.4. The number of alkyl halides is 3. The molecule has 0 atom stereocenters. The van der Waals surface area contributed by atoms with Crippen LogP contribution in [0.4, 0.5) is 22.0 Å². The Bertz CT molecular complexity index is 913. The summed E-state index contributed by atoms with van der Waals surface area (Å²) >= 11 is 0. The van der Waals surface area contributed by atoms with Crippen LogP contribution in [-0.4, -0.2) is 21.9 Å². The molecule has 0 aliphatic rings. The van der Waals surface area contributed by atoms with Crippen molar-refractivity contribution in [1.82, 2.24) is 15.3 Å². The SMILES string of the molecule is Cc1cc(CCCOc2c(F)cc(-c3noc(C(F)(F)F)n3)cc2F)on1. The molecule has 0 unspecified atom stereocenters. The van der Waals surface area contributed by atoms with Gasteiger partial charge in [-0.25, -0.2) is 8.78 Å². The van der Waals surface area contributed by atoms with E-state index >= 15 is 0 Å². The van der Waals surface area contributed by atoms with Crippen molar-refractivity contribution in [2.75, 3.05) is 6.61 Å². The van der Waals surface area contributed by atoms with Crippen LogP contribution in [0.25, 0.3) is 11.4 Å². The summed E-state index contributed by atoms with van der Waals surface area (Å²) in [5.41, 5.74) is 0.405. The summed E-state index contributed by atoms with van der Waals surface area (Å²) in [7, 11) is 0. The molecule has 0 radical (unpaired) electrons. The second kappa shape index (κ2) is 7.33. The minimum atomic E-state index is -4.85. The molecule has 11 heteroatoms. The minimum absolute atomic E-state index is 0.00658. The van der Waals surface area contributed by atoms with Crippen LogP contribution in [0.1, 0.15) is 23.8 Å². The number of benzene rings is 1. The predicted molar refractivity (Wildman–Crippen MR) is 79.7 cm³/mol. The summed E-state index contributed by atoms with van der Waals surface area (Å²) in [5.74, 6) is -4.43. The molecule has 0 bridgehead atoms. The second-order valence-electron chi connectivity index (χ2n) is 5.58. The Hall–Kier alpha value is -2.98. The van der Waals surface area contributed by atoms with E-state index in [-0.39, 0.29) is 12.2 Å². The van der Waals surface area contributed by atoms with Gasteiger partial charge in [0.05, 0.1) is 12.3 Å². The van der Waals surface area contributed by atoms with Gasteiger partial charge in [0, 0.05) is 18.1 Å². The third kappa shape index (κ3) is 4.41. The van der Waals surface area contributed by atoms with Gasteiger partial charge in [0.25, 0.3) is 0 Å². The number of ether oxygens (including phenoxy) is 1. The lowest BCUT2D eigenvalue weighted by atomic mass is 10.2. The summed E-state index contributed by atoms with van der Waals surface area (Å²) in [4.78, 5) is 3.08. The van der Waals surface area contributed by atoms with E-state index in [4.69, 9.17) is 9.26 Å². The smallest absolute Gasteiger partial charge is 0.471 e. The molecule has 0 N–H and O–H groups in total. The first kappa shape index (κ1) is 18.8. The van der Waals surface area contributed by atoms with Crippen LogP contribution in [0.3, 0.4) is 0 Å². The topological polar surface area (TPSA) is 74.2 Å². The Morgan fingerprint density at radius 2 is 1.74 bits per heavy atom. The first-order valence-electron chi connectivity index (χ1n) is 7.69. The number of aromatic nitrogens is 3. The zero-order valence-corrected chi connectivity index (χ0v) is 13.8. The lowest BCUT2D eigenvalue weighted by molar-refractivity contribution is -0.159. The van der Waals surface area contributed by atoms with Gasteiger partial charge in [0.2, 0.25) is 5.82 Å². The van der Waals surface area contributed by atoms with Gasteiger partial charge in [-0.2, -0.15) is 18.2 Å². The van der Waals surface area contributed by atoms with Crippen LogP contribution < -0.4 is 4.74 Å². The molecule has 0 saturated heterocycles. The Labute approximate surface area is 148 Å². The van der Waals surface area contributed by atoms with Crippen molar-refractivity contribution >= 4 is 0 Å². The first-order chi connectivity index (χ1) is 12.7. The largest absolute Gasteiger partial charge is 0.488 e. The highest BCUT2D eigenvalue weighted by Crippen LogP contribution is 2.31. The predicted octanol–water partition coefficient (Wildman–Crippen LogP) is 4.34. The quantitative estimate of drug-likeness (QED) is 0.461. The number of hydrogen-bond donors (Lipinski definition) is 0. The monoisotopic (exact) mass is 389 g/mol. The van der Waals surface area contributed by atoms with E-state index < -0.39 is 35.3 Å². The van der Waals surface area contributed by atoms with Crippen molar-refractivity contribution in [3.8, 4) is 17.1 Å². The van der Waals surface area contributed by atoms with Gasteiger partial charge in [-0.05, 0) is 25.5 Å². The number of halogens is 5. The fraction of sp³-hybridized carbons (Fsp3) is 0.312. The Balaban J connectivity index is 1.66. The van der Waals surface area contributed by atoms with E-state index in [9.17, 15) is 22.0 Å². The number of aryl methyl sites for hydroxylation is 2. The highest BCUT2D eigenvalue weighted by molar-refractivity contribution is 5.56. The zero-order chi connectivity index (χ0) is 19.6. The molecular weight excluding hydrogens is 377 g/mol. The van der Waals surface area contributed by atoms with E-state index in [2.05, 4.69) is 19.8 Å². The van der Waals surface area contributed by atoms with Crippen molar-refractivity contribution in [3.05, 3.63) is 47.2 Å². The lowest BCUT2D eigenvalue weighted by Gasteiger charge is -2.08. The normalized spacial score (nSPS) is 11.8. The van der Waals surface area contributed by atoms with Crippen molar-refractivity contribution in [3.63, 3.8) is 0 Å². The van der Waals surface area contributed by atoms with E-state index in [0.29, 0.717) is 24.3 Å². The third-order valence-corrected chi connectivity index (χ3v) is 3.42. The summed E-state index contributed by atoms with van der Waals surface area (Å²) in [5, 5.41) is 6.79. The van der Waals surface area contributed by atoms with Crippen LogP contribution in [0.2, 0.25) is 0 Å². The van der Waals surface area contributed by atoms with Gasteiger partial charge in [-0.3, -0.25) is 0 Å². The van der Waals surface area contributed by atoms with Gasteiger partial charge in [-0.1, -0.05) is 10.3 Å². The summed E-state index contributed by atoms with van der Waals surface area (Å²) in [6.45, 7) is 1.75. The molecule has 0 amide bonds. The van der Waals surface area contributed by atoms with Crippen LogP contribution >= 0.6 is 0 Å². The van der Waals surface area contributed by atoms with Crippen molar-refractivity contribution < 1.29 is 35.7 Å². The number of hydrogen-bond acceptors (Lipinski definition) is 6. The fourth-order valence-electron chi connectivity index (χ4n) is 2.24. The maximum absolute atomic E-state index is 14.1. The van der Waals surface area contributed by atoms with Crippen LogP contribution in [-0.2, 0) is 12.6 Å². The molecule has 0 aliphatic heterocycles. The van der Waals surface area contributed by atoms with Gasteiger partial charge in [0.15, 0.2) is 17.4 Å². The molecule has 2 aromatic heterocycles. The molecule has 0 fully saturated rings. The summed E-state index contributed by atoms with van der Waals surface area (Å²) < 4.78 is 79.7. The van der Waals surface area contributed by atoms with Crippen molar-refractivity contribution in [2.24, 2.45) is 0 Å². The van der Waals surface area contributed by atoms with Crippen LogP contribution in [0, 0.1) is 18.6 Å². The van der Waals surface area contributed by atoms with Crippen LogP contribution in [0.5, 0.6) is 5.75 Å². The fourth-order valence-corrected chi connectivity index (χ4v) is 2.24. The molecule has 6 nitrogen and oxygen atoms in total. The molecular formula is C16H12F5N3O3. The average Bonchev–Trinajstić information content (AvgIpc) is 3.22. The van der Waals surface area contributed by atoms with E-state index in [0.717, 1.165) is 12.1 Å². The van der Waals surface area contributed by atoms with E-state index in [1.807, 2.05) is 0 Å². The number of nitrogens with zero attached hydrogens (tertiary/aromatic N) is 3. The standard InChI is InChI=1S/C16H12F5N3O3/c1-8-5-10(26-23-8)3-2-4-25-13-11(17)6-9(7-12(13)18)14-22-15(27-24-14)16(19,20)21/h5-7H,2-4H2,1H3. The Kier molecular flexibility index (Phi) is 5.10. The molecule has 0 aliphatic carbocycles. The molecule has 0 saturated carbocycles. The molecule has 3 aromatic rings. The average molecular weight is 389 g/mol. The second-order valence-corrected chi connectivity index (χ2v) is 5.58. The molecule has 0 spiro atoms. The molecule has 144 valence electrons.